The molecule has 86 valence electrons. The normalized spacial score (nSPS) is 11.2. The monoisotopic (exact) mass is 263 g/mol. The van der Waals surface area contributed by atoms with Gasteiger partial charge in [-0.2, -0.15) is 0 Å². The number of nitrogens with zero attached hydrogens (tertiary/aromatic N) is 1. The second-order valence-electron chi connectivity index (χ2n) is 3.79. The Bertz CT molecular complexity index is 671. The third-order valence-corrected chi connectivity index (χ3v) is 4.07. The van der Waals surface area contributed by atoms with Crippen LogP contribution in [-0.2, 0) is 5.88 Å². The number of rotatable bonds is 2. The number of fused-ring (bicyclic) bond motifs is 1. The fourth-order valence-electron chi connectivity index (χ4n) is 1.92. The van der Waals surface area contributed by atoms with Crippen LogP contribution in [0.3, 0.4) is 0 Å². The smallest absolute Gasteiger partial charge is 0.134 e. The molecule has 17 heavy (non-hydrogen) atoms. The number of halogens is 1. The number of benzene rings is 1. The minimum absolute atomic E-state index is 0.460. The van der Waals surface area contributed by atoms with E-state index in [9.17, 15) is 0 Å². The van der Waals surface area contributed by atoms with E-state index in [1.807, 2.05) is 24.3 Å². The lowest BCUT2D eigenvalue weighted by Crippen LogP contribution is -1.79. The van der Waals surface area contributed by atoms with E-state index in [4.69, 9.17) is 16.0 Å². The van der Waals surface area contributed by atoms with Gasteiger partial charge in [0.05, 0.1) is 11.6 Å². The van der Waals surface area contributed by atoms with E-state index in [0.717, 1.165) is 27.2 Å². The number of para-hydroxylation sites is 1. The Hall–Kier alpha value is -1.32. The van der Waals surface area contributed by atoms with Crippen molar-refractivity contribution in [3.8, 4) is 11.3 Å². The van der Waals surface area contributed by atoms with Gasteiger partial charge in [0.1, 0.15) is 16.9 Å². The lowest BCUT2D eigenvalue weighted by atomic mass is 10.1. The average Bonchev–Trinajstić information content (AvgIpc) is 2.92. The van der Waals surface area contributed by atoms with Crippen molar-refractivity contribution >= 4 is 33.9 Å². The lowest BCUT2D eigenvalue weighted by Gasteiger charge is -1.94. The van der Waals surface area contributed by atoms with Gasteiger partial charge >= 0.3 is 0 Å². The summed E-state index contributed by atoms with van der Waals surface area (Å²) >= 11 is 7.45. The molecule has 0 saturated carbocycles. The highest BCUT2D eigenvalue weighted by Crippen LogP contribution is 2.34. The van der Waals surface area contributed by atoms with Crippen LogP contribution in [0.1, 0.15) is 9.88 Å². The highest BCUT2D eigenvalue weighted by atomic mass is 35.5. The van der Waals surface area contributed by atoms with Gasteiger partial charge in [-0.05, 0) is 13.0 Å². The maximum absolute atomic E-state index is 5.82. The van der Waals surface area contributed by atoms with Crippen LogP contribution in [0.2, 0.25) is 0 Å². The SMILES string of the molecule is Cc1sc(CCl)nc1-c1coc2ccccc12. The first-order valence-corrected chi connectivity index (χ1v) is 6.63. The summed E-state index contributed by atoms with van der Waals surface area (Å²) in [5.74, 6) is 0.460. The molecule has 0 fully saturated rings. The number of hydrogen-bond donors (Lipinski definition) is 0. The van der Waals surface area contributed by atoms with E-state index in [1.165, 1.54) is 4.88 Å². The zero-order valence-electron chi connectivity index (χ0n) is 9.24. The van der Waals surface area contributed by atoms with Crippen molar-refractivity contribution in [3.05, 3.63) is 40.4 Å². The van der Waals surface area contributed by atoms with Gasteiger partial charge in [-0.1, -0.05) is 18.2 Å². The maximum Gasteiger partial charge on any atom is 0.134 e. The number of alkyl halides is 1. The molecule has 0 spiro atoms. The molecule has 4 heteroatoms. The zero-order chi connectivity index (χ0) is 11.8. The molecule has 2 aromatic heterocycles. The summed E-state index contributed by atoms with van der Waals surface area (Å²) in [6, 6.07) is 7.98. The third-order valence-electron chi connectivity index (χ3n) is 2.69. The van der Waals surface area contributed by atoms with E-state index in [-0.39, 0.29) is 0 Å². The van der Waals surface area contributed by atoms with Crippen molar-refractivity contribution in [2.75, 3.05) is 0 Å². The lowest BCUT2D eigenvalue weighted by molar-refractivity contribution is 0.617. The molecule has 0 aliphatic rings. The van der Waals surface area contributed by atoms with Gasteiger partial charge in [0.2, 0.25) is 0 Å². The van der Waals surface area contributed by atoms with E-state index in [1.54, 1.807) is 17.6 Å². The van der Waals surface area contributed by atoms with Crippen molar-refractivity contribution in [1.29, 1.82) is 0 Å². The predicted octanol–water partition coefficient (Wildman–Crippen LogP) is 4.60. The molecule has 3 aromatic rings. The van der Waals surface area contributed by atoms with Gasteiger partial charge in [0.15, 0.2) is 0 Å². The number of thiazole rings is 1. The standard InChI is InChI=1S/C13H10ClNOS/c1-8-13(15-12(6-14)17-8)10-7-16-11-5-3-2-4-9(10)11/h2-5,7H,6H2,1H3. The third kappa shape index (κ3) is 1.75. The van der Waals surface area contributed by atoms with E-state index < -0.39 is 0 Å². The molecule has 3 rings (SSSR count). The van der Waals surface area contributed by atoms with Crippen LogP contribution in [0.5, 0.6) is 0 Å². The number of hydrogen-bond acceptors (Lipinski definition) is 3. The van der Waals surface area contributed by atoms with E-state index >= 15 is 0 Å². The Morgan fingerprint density at radius 2 is 2.18 bits per heavy atom. The van der Waals surface area contributed by atoms with Gasteiger partial charge in [-0.15, -0.1) is 22.9 Å². The van der Waals surface area contributed by atoms with Crippen molar-refractivity contribution in [3.63, 3.8) is 0 Å². The zero-order valence-corrected chi connectivity index (χ0v) is 10.8. The molecule has 0 bridgehead atoms. The molecule has 2 nitrogen and oxygen atoms in total. The molecule has 2 heterocycles. The number of furan rings is 1. The topological polar surface area (TPSA) is 26.0 Å². The Kier molecular flexibility index (Phi) is 2.65. The Balaban J connectivity index is 2.23. The summed E-state index contributed by atoms with van der Waals surface area (Å²) < 4.78 is 5.53. The molecular weight excluding hydrogens is 254 g/mol. The van der Waals surface area contributed by atoms with Crippen LogP contribution < -0.4 is 0 Å². The number of aromatic nitrogens is 1. The van der Waals surface area contributed by atoms with Crippen molar-refractivity contribution in [2.45, 2.75) is 12.8 Å². The van der Waals surface area contributed by atoms with Crippen molar-refractivity contribution in [2.24, 2.45) is 0 Å². The molecule has 0 radical (unpaired) electrons. The van der Waals surface area contributed by atoms with Crippen LogP contribution in [-0.4, -0.2) is 4.98 Å². The first-order valence-electron chi connectivity index (χ1n) is 5.28. The van der Waals surface area contributed by atoms with Gasteiger partial charge < -0.3 is 4.42 Å². The Morgan fingerprint density at radius 1 is 1.35 bits per heavy atom. The molecule has 0 amide bonds. The molecule has 0 saturated heterocycles. The van der Waals surface area contributed by atoms with Gasteiger partial charge in [-0.25, -0.2) is 4.98 Å². The van der Waals surface area contributed by atoms with Crippen LogP contribution >= 0.6 is 22.9 Å². The van der Waals surface area contributed by atoms with Gasteiger partial charge in [0.25, 0.3) is 0 Å². The number of aryl methyl sites for hydroxylation is 1. The highest BCUT2D eigenvalue weighted by Gasteiger charge is 2.14. The van der Waals surface area contributed by atoms with Crippen molar-refractivity contribution in [1.82, 2.24) is 4.98 Å². The van der Waals surface area contributed by atoms with Crippen LogP contribution in [0.4, 0.5) is 0 Å². The summed E-state index contributed by atoms with van der Waals surface area (Å²) in [6.07, 6.45) is 1.77. The summed E-state index contributed by atoms with van der Waals surface area (Å²) in [5, 5.41) is 2.05. The van der Waals surface area contributed by atoms with Crippen LogP contribution in [0.15, 0.2) is 34.9 Å². The predicted molar refractivity (Wildman–Crippen MR) is 71.6 cm³/mol. The minimum atomic E-state index is 0.460. The molecule has 0 atom stereocenters. The van der Waals surface area contributed by atoms with E-state index in [2.05, 4.69) is 11.9 Å². The molecule has 0 N–H and O–H groups in total. The summed E-state index contributed by atoms with van der Waals surface area (Å²) in [7, 11) is 0. The molecular formula is C13H10ClNOS. The van der Waals surface area contributed by atoms with Crippen molar-refractivity contribution < 1.29 is 4.42 Å². The quantitative estimate of drug-likeness (QED) is 0.632. The fourth-order valence-corrected chi connectivity index (χ4v) is 2.94. The maximum atomic E-state index is 5.82. The Labute approximate surface area is 108 Å². The van der Waals surface area contributed by atoms with Gasteiger partial charge in [0, 0.05) is 15.8 Å². The average molecular weight is 264 g/mol. The fraction of sp³-hybridized carbons (Fsp3) is 0.154. The van der Waals surface area contributed by atoms with Crippen LogP contribution in [0, 0.1) is 6.92 Å². The second kappa shape index (κ2) is 4.17. The largest absolute Gasteiger partial charge is 0.464 e. The van der Waals surface area contributed by atoms with Gasteiger partial charge in [-0.3, -0.25) is 0 Å². The minimum Gasteiger partial charge on any atom is -0.464 e. The molecule has 0 unspecified atom stereocenters. The van der Waals surface area contributed by atoms with E-state index in [0.29, 0.717) is 5.88 Å². The first-order chi connectivity index (χ1) is 8.29. The molecule has 0 aliphatic heterocycles. The summed E-state index contributed by atoms with van der Waals surface area (Å²) in [4.78, 5) is 5.72. The Morgan fingerprint density at radius 3 is 2.94 bits per heavy atom. The highest BCUT2D eigenvalue weighted by molar-refractivity contribution is 7.12. The summed E-state index contributed by atoms with van der Waals surface area (Å²) in [6.45, 7) is 2.06. The first kappa shape index (κ1) is 10.8. The molecule has 0 aliphatic carbocycles. The molecule has 1 aromatic carbocycles. The summed E-state index contributed by atoms with van der Waals surface area (Å²) in [5.41, 5.74) is 2.92. The van der Waals surface area contributed by atoms with Crippen LogP contribution in [0.25, 0.3) is 22.2 Å². The second-order valence-corrected chi connectivity index (χ2v) is 5.35.